The molecule has 3 nitrogen and oxygen atoms in total. The zero-order valence-electron chi connectivity index (χ0n) is 10.4. The fourth-order valence-electron chi connectivity index (χ4n) is 1.59. The topological polar surface area (TPSA) is 42.1 Å². The van der Waals surface area contributed by atoms with Crippen LogP contribution in [-0.2, 0) is 6.54 Å². The lowest BCUT2D eigenvalue weighted by Crippen LogP contribution is -2.16. The summed E-state index contributed by atoms with van der Waals surface area (Å²) in [6.07, 6.45) is 0. The largest absolute Gasteiger partial charge is 0.347 e. The SMILES string of the molecule is CC(N)c1csc(N(C)Cc2ccc(Cl)cc2)n1. The van der Waals surface area contributed by atoms with E-state index in [1.54, 1.807) is 11.3 Å². The Labute approximate surface area is 116 Å². The molecule has 1 aromatic heterocycles. The molecule has 1 heterocycles. The molecule has 0 bridgehead atoms. The standard InChI is InChI=1S/C13H16ClN3S/c1-9(15)12-8-18-13(16-12)17(2)7-10-3-5-11(14)6-4-10/h3-6,8-9H,7,15H2,1-2H3. The van der Waals surface area contributed by atoms with Crippen LogP contribution in [0.4, 0.5) is 5.13 Å². The highest BCUT2D eigenvalue weighted by atomic mass is 35.5. The van der Waals surface area contributed by atoms with Crippen LogP contribution in [-0.4, -0.2) is 12.0 Å². The average molecular weight is 282 g/mol. The highest BCUT2D eigenvalue weighted by molar-refractivity contribution is 7.13. The number of halogens is 1. The third-order valence-corrected chi connectivity index (χ3v) is 3.86. The molecule has 18 heavy (non-hydrogen) atoms. The highest BCUT2D eigenvalue weighted by Crippen LogP contribution is 2.23. The number of nitrogens with two attached hydrogens (primary N) is 1. The van der Waals surface area contributed by atoms with E-state index in [1.807, 2.05) is 43.6 Å². The number of hydrogen-bond donors (Lipinski definition) is 1. The number of anilines is 1. The first-order valence-electron chi connectivity index (χ1n) is 5.73. The Hall–Kier alpha value is -1.10. The van der Waals surface area contributed by atoms with Crippen molar-refractivity contribution < 1.29 is 0 Å². The molecule has 0 aliphatic carbocycles. The molecule has 0 saturated carbocycles. The minimum Gasteiger partial charge on any atom is -0.347 e. The Balaban J connectivity index is 2.06. The van der Waals surface area contributed by atoms with Gasteiger partial charge in [0.2, 0.25) is 0 Å². The first kappa shape index (κ1) is 13.3. The van der Waals surface area contributed by atoms with Gasteiger partial charge in [-0.3, -0.25) is 0 Å². The van der Waals surface area contributed by atoms with Crippen molar-refractivity contribution in [2.75, 3.05) is 11.9 Å². The van der Waals surface area contributed by atoms with Gasteiger partial charge < -0.3 is 10.6 Å². The summed E-state index contributed by atoms with van der Waals surface area (Å²) in [5.41, 5.74) is 7.96. The lowest BCUT2D eigenvalue weighted by atomic mass is 10.2. The number of nitrogens with zero attached hydrogens (tertiary/aromatic N) is 2. The van der Waals surface area contributed by atoms with E-state index in [1.165, 1.54) is 5.56 Å². The molecule has 1 unspecified atom stereocenters. The van der Waals surface area contributed by atoms with Gasteiger partial charge in [0.1, 0.15) is 0 Å². The zero-order chi connectivity index (χ0) is 13.1. The van der Waals surface area contributed by atoms with E-state index in [9.17, 15) is 0 Å². The van der Waals surface area contributed by atoms with E-state index in [0.29, 0.717) is 0 Å². The van der Waals surface area contributed by atoms with E-state index < -0.39 is 0 Å². The minimum absolute atomic E-state index is 0.0149. The molecule has 5 heteroatoms. The van der Waals surface area contributed by atoms with Gasteiger partial charge in [0.25, 0.3) is 0 Å². The Morgan fingerprint density at radius 3 is 2.61 bits per heavy atom. The van der Waals surface area contributed by atoms with Crippen molar-refractivity contribution in [3.63, 3.8) is 0 Å². The third-order valence-electron chi connectivity index (χ3n) is 2.64. The summed E-state index contributed by atoms with van der Waals surface area (Å²) in [6, 6.07) is 7.84. The lowest BCUT2D eigenvalue weighted by molar-refractivity contribution is 0.783. The minimum atomic E-state index is -0.0149. The van der Waals surface area contributed by atoms with Crippen molar-refractivity contribution in [2.24, 2.45) is 5.73 Å². The molecule has 0 aliphatic heterocycles. The molecule has 0 fully saturated rings. The fraction of sp³-hybridized carbons (Fsp3) is 0.308. The van der Waals surface area contributed by atoms with Crippen LogP contribution in [0.2, 0.25) is 5.02 Å². The molecular formula is C13H16ClN3S. The van der Waals surface area contributed by atoms with Gasteiger partial charge in [-0.25, -0.2) is 4.98 Å². The summed E-state index contributed by atoms with van der Waals surface area (Å²) in [4.78, 5) is 6.63. The summed E-state index contributed by atoms with van der Waals surface area (Å²) in [6.45, 7) is 2.75. The Bertz CT molecular complexity index is 507. The molecule has 2 rings (SSSR count). The van der Waals surface area contributed by atoms with E-state index in [0.717, 1.165) is 22.4 Å². The zero-order valence-corrected chi connectivity index (χ0v) is 12.0. The van der Waals surface area contributed by atoms with Crippen molar-refractivity contribution >= 4 is 28.1 Å². The van der Waals surface area contributed by atoms with E-state index >= 15 is 0 Å². The van der Waals surface area contributed by atoms with E-state index in [4.69, 9.17) is 17.3 Å². The van der Waals surface area contributed by atoms with Crippen LogP contribution in [0.25, 0.3) is 0 Å². The maximum atomic E-state index is 5.87. The van der Waals surface area contributed by atoms with Crippen molar-refractivity contribution in [3.8, 4) is 0 Å². The molecule has 0 aliphatic rings. The fourth-order valence-corrected chi connectivity index (χ4v) is 2.61. The summed E-state index contributed by atoms with van der Waals surface area (Å²) >= 11 is 7.48. The van der Waals surface area contributed by atoms with Crippen molar-refractivity contribution in [1.82, 2.24) is 4.98 Å². The molecule has 2 N–H and O–H groups in total. The van der Waals surface area contributed by atoms with Gasteiger partial charge in [0.15, 0.2) is 5.13 Å². The van der Waals surface area contributed by atoms with Crippen molar-refractivity contribution in [1.29, 1.82) is 0 Å². The Kier molecular flexibility index (Phi) is 4.22. The first-order chi connectivity index (χ1) is 8.56. The molecule has 0 spiro atoms. The normalized spacial score (nSPS) is 12.4. The Morgan fingerprint density at radius 1 is 1.39 bits per heavy atom. The average Bonchev–Trinajstić information content (AvgIpc) is 2.81. The number of aromatic nitrogens is 1. The number of benzene rings is 1. The maximum absolute atomic E-state index is 5.87. The highest BCUT2D eigenvalue weighted by Gasteiger charge is 2.09. The summed E-state index contributed by atoms with van der Waals surface area (Å²) in [5.74, 6) is 0. The van der Waals surface area contributed by atoms with Crippen LogP contribution in [0.5, 0.6) is 0 Å². The number of rotatable bonds is 4. The van der Waals surface area contributed by atoms with Crippen LogP contribution in [0.3, 0.4) is 0 Å². The third kappa shape index (κ3) is 3.22. The lowest BCUT2D eigenvalue weighted by Gasteiger charge is -2.15. The number of thiazole rings is 1. The molecule has 96 valence electrons. The van der Waals surface area contributed by atoms with Crippen LogP contribution >= 0.6 is 22.9 Å². The molecule has 1 atom stereocenters. The van der Waals surface area contributed by atoms with Gasteiger partial charge in [-0.15, -0.1) is 11.3 Å². The molecule has 0 amide bonds. The quantitative estimate of drug-likeness (QED) is 0.933. The monoisotopic (exact) mass is 281 g/mol. The first-order valence-corrected chi connectivity index (χ1v) is 6.98. The van der Waals surface area contributed by atoms with Crippen LogP contribution in [0, 0.1) is 0 Å². The summed E-state index contributed by atoms with van der Waals surface area (Å²) in [7, 11) is 2.03. The second kappa shape index (κ2) is 5.69. The molecule has 0 radical (unpaired) electrons. The second-order valence-electron chi connectivity index (χ2n) is 4.33. The predicted octanol–water partition coefficient (Wildman–Crippen LogP) is 3.45. The van der Waals surface area contributed by atoms with Gasteiger partial charge in [-0.1, -0.05) is 23.7 Å². The van der Waals surface area contributed by atoms with Gasteiger partial charge in [0, 0.05) is 30.0 Å². The van der Waals surface area contributed by atoms with Crippen LogP contribution in [0.1, 0.15) is 24.2 Å². The summed E-state index contributed by atoms with van der Waals surface area (Å²) in [5, 5.41) is 3.75. The molecular weight excluding hydrogens is 266 g/mol. The van der Waals surface area contributed by atoms with Crippen molar-refractivity contribution in [3.05, 3.63) is 45.9 Å². The molecule has 2 aromatic rings. The van der Waals surface area contributed by atoms with Gasteiger partial charge in [-0.05, 0) is 24.6 Å². The van der Waals surface area contributed by atoms with Crippen LogP contribution in [0.15, 0.2) is 29.6 Å². The summed E-state index contributed by atoms with van der Waals surface area (Å²) < 4.78 is 0. The van der Waals surface area contributed by atoms with Crippen LogP contribution < -0.4 is 10.6 Å². The van der Waals surface area contributed by atoms with Crippen molar-refractivity contribution in [2.45, 2.75) is 19.5 Å². The van der Waals surface area contributed by atoms with Gasteiger partial charge in [-0.2, -0.15) is 0 Å². The smallest absolute Gasteiger partial charge is 0.185 e. The predicted molar refractivity (Wildman–Crippen MR) is 78.3 cm³/mol. The Morgan fingerprint density at radius 2 is 2.06 bits per heavy atom. The van der Waals surface area contributed by atoms with E-state index in [-0.39, 0.29) is 6.04 Å². The second-order valence-corrected chi connectivity index (χ2v) is 5.60. The number of hydrogen-bond acceptors (Lipinski definition) is 4. The molecule has 0 saturated heterocycles. The van der Waals surface area contributed by atoms with Gasteiger partial charge in [0.05, 0.1) is 5.69 Å². The van der Waals surface area contributed by atoms with Gasteiger partial charge >= 0.3 is 0 Å². The maximum Gasteiger partial charge on any atom is 0.185 e. The molecule has 1 aromatic carbocycles. The van der Waals surface area contributed by atoms with E-state index in [2.05, 4.69) is 9.88 Å².